The van der Waals surface area contributed by atoms with Crippen molar-refractivity contribution in [1.82, 2.24) is 9.97 Å². The van der Waals surface area contributed by atoms with E-state index < -0.39 is 10.0 Å². The number of nitrogens with one attached hydrogen (secondary N) is 1. The Morgan fingerprint density at radius 2 is 1.91 bits per heavy atom. The molecule has 0 radical (unpaired) electrons. The maximum absolute atomic E-state index is 12.7. The molecule has 1 aliphatic carbocycles. The summed E-state index contributed by atoms with van der Waals surface area (Å²) in [6.45, 7) is 0. The first-order valence-corrected chi connectivity index (χ1v) is 9.78. The molecule has 0 amide bonds. The molecule has 3 aromatic rings. The zero-order valence-electron chi connectivity index (χ0n) is 12.3. The summed E-state index contributed by atoms with van der Waals surface area (Å²) in [6.07, 6.45) is 5.79. The molecular formula is C16H15N3O2S2. The van der Waals surface area contributed by atoms with Crippen molar-refractivity contribution in [3.8, 4) is 0 Å². The first kappa shape index (κ1) is 14.6. The molecule has 7 heteroatoms. The fourth-order valence-corrected chi connectivity index (χ4v) is 5.32. The second-order valence-electron chi connectivity index (χ2n) is 5.53. The molecule has 4 rings (SSSR count). The third-order valence-corrected chi connectivity index (χ3v) is 6.53. The molecule has 118 valence electrons. The Balaban J connectivity index is 1.73. The number of thiazole rings is 1. The third-order valence-electron chi connectivity index (χ3n) is 3.95. The SMILES string of the molecule is O=S(=O)(Nc1nc2c(s1)CCCC2)c1cccc2cccnc12. The lowest BCUT2D eigenvalue weighted by Crippen LogP contribution is -2.13. The second kappa shape index (κ2) is 5.58. The Bertz CT molecular complexity index is 951. The fourth-order valence-electron chi connectivity index (χ4n) is 2.86. The van der Waals surface area contributed by atoms with Gasteiger partial charge < -0.3 is 0 Å². The number of para-hydroxylation sites is 1. The lowest BCUT2D eigenvalue weighted by molar-refractivity contribution is 0.602. The standard InChI is InChI=1S/C16H15N3O2S2/c20-23(21,14-9-3-5-11-6-4-10-17-15(11)14)19-16-18-12-7-1-2-8-13(12)22-16/h3-6,9-10H,1-2,7-8H2,(H,18,19). The minimum absolute atomic E-state index is 0.184. The van der Waals surface area contributed by atoms with Crippen LogP contribution in [0.4, 0.5) is 5.13 Å². The molecule has 0 fully saturated rings. The van der Waals surface area contributed by atoms with Gasteiger partial charge in [0.15, 0.2) is 5.13 Å². The van der Waals surface area contributed by atoms with E-state index in [4.69, 9.17) is 0 Å². The average Bonchev–Trinajstić information content (AvgIpc) is 2.95. The van der Waals surface area contributed by atoms with E-state index in [9.17, 15) is 8.42 Å². The number of hydrogen-bond acceptors (Lipinski definition) is 5. The predicted octanol–water partition coefficient (Wildman–Crippen LogP) is 3.37. The van der Waals surface area contributed by atoms with Gasteiger partial charge in [-0.3, -0.25) is 9.71 Å². The molecule has 2 aromatic heterocycles. The lowest BCUT2D eigenvalue weighted by atomic mass is 10.0. The summed E-state index contributed by atoms with van der Waals surface area (Å²) in [4.78, 5) is 10.1. The summed E-state index contributed by atoms with van der Waals surface area (Å²) in [5, 5.41) is 1.25. The zero-order chi connectivity index (χ0) is 15.9. The van der Waals surface area contributed by atoms with Crippen LogP contribution in [0.3, 0.4) is 0 Å². The second-order valence-corrected chi connectivity index (χ2v) is 8.27. The number of aryl methyl sites for hydroxylation is 2. The van der Waals surface area contributed by atoms with E-state index in [-0.39, 0.29) is 4.90 Å². The van der Waals surface area contributed by atoms with E-state index in [0.717, 1.165) is 36.8 Å². The van der Waals surface area contributed by atoms with Gasteiger partial charge in [-0.1, -0.05) is 18.2 Å². The van der Waals surface area contributed by atoms with Crippen molar-refractivity contribution in [3.63, 3.8) is 0 Å². The van der Waals surface area contributed by atoms with Gasteiger partial charge in [-0.2, -0.15) is 0 Å². The minimum atomic E-state index is -3.70. The van der Waals surface area contributed by atoms with Crippen LogP contribution in [0.15, 0.2) is 41.4 Å². The normalized spacial score (nSPS) is 14.6. The Morgan fingerprint density at radius 1 is 1.09 bits per heavy atom. The molecule has 1 aromatic carbocycles. The van der Waals surface area contributed by atoms with Crippen LogP contribution in [0, 0.1) is 0 Å². The van der Waals surface area contributed by atoms with Gasteiger partial charge in [0.25, 0.3) is 10.0 Å². The molecular weight excluding hydrogens is 330 g/mol. The van der Waals surface area contributed by atoms with Gasteiger partial charge in [0.05, 0.1) is 11.2 Å². The van der Waals surface area contributed by atoms with Crippen LogP contribution in [-0.4, -0.2) is 18.4 Å². The molecule has 0 bridgehead atoms. The van der Waals surface area contributed by atoms with Crippen LogP contribution in [0.5, 0.6) is 0 Å². The van der Waals surface area contributed by atoms with Crippen molar-refractivity contribution in [2.75, 3.05) is 4.72 Å². The van der Waals surface area contributed by atoms with Gasteiger partial charge in [0.2, 0.25) is 0 Å². The monoisotopic (exact) mass is 345 g/mol. The Morgan fingerprint density at radius 3 is 2.78 bits per heavy atom. The minimum Gasteiger partial charge on any atom is -0.255 e. The Hall–Kier alpha value is -1.99. The molecule has 0 spiro atoms. The van der Waals surface area contributed by atoms with E-state index in [1.807, 2.05) is 12.1 Å². The maximum atomic E-state index is 12.7. The quantitative estimate of drug-likeness (QED) is 0.790. The molecule has 0 aliphatic heterocycles. The highest BCUT2D eigenvalue weighted by Crippen LogP contribution is 2.31. The average molecular weight is 345 g/mol. The zero-order valence-corrected chi connectivity index (χ0v) is 14.0. The summed E-state index contributed by atoms with van der Waals surface area (Å²) in [6, 6.07) is 8.80. The van der Waals surface area contributed by atoms with Crippen LogP contribution >= 0.6 is 11.3 Å². The number of anilines is 1. The topological polar surface area (TPSA) is 72.0 Å². The van der Waals surface area contributed by atoms with Gasteiger partial charge in [-0.05, 0) is 37.8 Å². The van der Waals surface area contributed by atoms with Crippen molar-refractivity contribution in [2.45, 2.75) is 30.6 Å². The van der Waals surface area contributed by atoms with Crippen LogP contribution in [0.25, 0.3) is 10.9 Å². The first-order chi connectivity index (χ1) is 11.1. The summed E-state index contributed by atoms with van der Waals surface area (Å²) in [7, 11) is -3.70. The number of pyridine rings is 1. The summed E-state index contributed by atoms with van der Waals surface area (Å²) in [5.74, 6) is 0. The van der Waals surface area contributed by atoms with E-state index in [2.05, 4.69) is 14.7 Å². The molecule has 0 atom stereocenters. The molecule has 5 nitrogen and oxygen atoms in total. The van der Waals surface area contributed by atoms with Gasteiger partial charge in [-0.25, -0.2) is 13.4 Å². The van der Waals surface area contributed by atoms with Crippen molar-refractivity contribution in [1.29, 1.82) is 0 Å². The highest BCUT2D eigenvalue weighted by Gasteiger charge is 2.22. The highest BCUT2D eigenvalue weighted by atomic mass is 32.2. The van der Waals surface area contributed by atoms with Crippen molar-refractivity contribution >= 4 is 37.4 Å². The lowest BCUT2D eigenvalue weighted by Gasteiger charge is -2.07. The predicted molar refractivity (Wildman–Crippen MR) is 91.3 cm³/mol. The number of sulfonamides is 1. The molecule has 0 saturated heterocycles. The van der Waals surface area contributed by atoms with Crippen molar-refractivity contribution < 1.29 is 8.42 Å². The van der Waals surface area contributed by atoms with Crippen LogP contribution in [0.1, 0.15) is 23.4 Å². The molecule has 23 heavy (non-hydrogen) atoms. The van der Waals surface area contributed by atoms with Crippen LogP contribution in [0.2, 0.25) is 0 Å². The van der Waals surface area contributed by atoms with Gasteiger partial charge >= 0.3 is 0 Å². The Labute approximate surface area is 138 Å². The number of aromatic nitrogens is 2. The number of hydrogen-bond donors (Lipinski definition) is 1. The summed E-state index contributed by atoms with van der Waals surface area (Å²) >= 11 is 1.44. The van der Waals surface area contributed by atoms with E-state index in [1.165, 1.54) is 16.2 Å². The molecule has 2 heterocycles. The maximum Gasteiger partial charge on any atom is 0.265 e. The van der Waals surface area contributed by atoms with E-state index >= 15 is 0 Å². The molecule has 1 N–H and O–H groups in total. The number of fused-ring (bicyclic) bond motifs is 2. The van der Waals surface area contributed by atoms with E-state index in [0.29, 0.717) is 10.6 Å². The first-order valence-electron chi connectivity index (χ1n) is 7.49. The molecule has 1 aliphatic rings. The Kier molecular flexibility index (Phi) is 3.54. The molecule has 0 saturated carbocycles. The van der Waals surface area contributed by atoms with Crippen LogP contribution < -0.4 is 4.72 Å². The van der Waals surface area contributed by atoms with Crippen molar-refractivity contribution in [2.24, 2.45) is 0 Å². The number of benzene rings is 1. The smallest absolute Gasteiger partial charge is 0.255 e. The van der Waals surface area contributed by atoms with Crippen LogP contribution in [-0.2, 0) is 22.9 Å². The van der Waals surface area contributed by atoms with Gasteiger partial charge in [0, 0.05) is 16.5 Å². The van der Waals surface area contributed by atoms with Gasteiger partial charge in [0.1, 0.15) is 4.90 Å². The van der Waals surface area contributed by atoms with Gasteiger partial charge in [-0.15, -0.1) is 11.3 Å². The number of nitrogens with zero attached hydrogens (tertiary/aromatic N) is 2. The fraction of sp³-hybridized carbons (Fsp3) is 0.250. The molecule has 0 unspecified atom stereocenters. The third kappa shape index (κ3) is 2.70. The van der Waals surface area contributed by atoms with E-state index in [1.54, 1.807) is 24.4 Å². The highest BCUT2D eigenvalue weighted by molar-refractivity contribution is 7.93. The van der Waals surface area contributed by atoms with Crippen molar-refractivity contribution in [3.05, 3.63) is 47.1 Å². The summed E-state index contributed by atoms with van der Waals surface area (Å²) in [5.41, 5.74) is 1.51. The number of rotatable bonds is 3. The largest absolute Gasteiger partial charge is 0.265 e. The summed E-state index contributed by atoms with van der Waals surface area (Å²) < 4.78 is 28.1.